The van der Waals surface area contributed by atoms with E-state index in [9.17, 15) is 9.59 Å². The third kappa shape index (κ3) is 3.42. The third-order valence-electron chi connectivity index (χ3n) is 6.42. The second-order valence-corrected chi connectivity index (χ2v) is 8.33. The summed E-state index contributed by atoms with van der Waals surface area (Å²) in [5.41, 5.74) is 3.08. The van der Waals surface area contributed by atoms with Crippen LogP contribution in [0.3, 0.4) is 0 Å². The van der Waals surface area contributed by atoms with Gasteiger partial charge >= 0.3 is 0 Å². The Hall–Kier alpha value is -3.29. The molecule has 0 radical (unpaired) electrons. The molecule has 5 rings (SSSR count). The lowest BCUT2D eigenvalue weighted by Crippen LogP contribution is -2.54. The minimum atomic E-state index is -0.109. The quantitative estimate of drug-likeness (QED) is 0.713. The summed E-state index contributed by atoms with van der Waals surface area (Å²) in [4.78, 5) is 36.1. The van der Waals surface area contributed by atoms with E-state index < -0.39 is 0 Å². The Morgan fingerprint density at radius 2 is 1.97 bits per heavy atom. The number of carbonyl (C=O) groups is 2. The van der Waals surface area contributed by atoms with Gasteiger partial charge in [-0.15, -0.1) is 0 Å². The first-order chi connectivity index (χ1) is 14.6. The average Bonchev–Trinajstić information content (AvgIpc) is 3.22. The zero-order valence-corrected chi connectivity index (χ0v) is 16.9. The van der Waals surface area contributed by atoms with E-state index in [1.807, 2.05) is 30.1 Å². The van der Waals surface area contributed by atoms with Gasteiger partial charge in [-0.3, -0.25) is 24.2 Å². The highest BCUT2D eigenvalue weighted by atomic mass is 16.2. The SMILES string of the molecule is Cn1ncc2ncc(C(=O)NC3[C@@H]4CC[C@H]3CN(C(=O)Cc3cccnc3)C4)cc21. The fourth-order valence-corrected chi connectivity index (χ4v) is 4.84. The van der Waals surface area contributed by atoms with E-state index in [2.05, 4.69) is 20.4 Å². The van der Waals surface area contributed by atoms with Gasteiger partial charge in [0.15, 0.2) is 0 Å². The zero-order chi connectivity index (χ0) is 20.7. The van der Waals surface area contributed by atoms with Gasteiger partial charge in [-0.2, -0.15) is 5.10 Å². The van der Waals surface area contributed by atoms with E-state index in [1.54, 1.807) is 29.5 Å². The molecule has 1 aliphatic heterocycles. The van der Waals surface area contributed by atoms with Crippen molar-refractivity contribution in [3.8, 4) is 0 Å². The number of aromatic nitrogens is 4. The molecule has 1 N–H and O–H groups in total. The number of amides is 2. The van der Waals surface area contributed by atoms with Crippen molar-refractivity contribution in [2.75, 3.05) is 13.1 Å². The van der Waals surface area contributed by atoms with Crippen molar-refractivity contribution >= 4 is 22.8 Å². The van der Waals surface area contributed by atoms with Crippen LogP contribution in [0.25, 0.3) is 11.0 Å². The highest BCUT2D eigenvalue weighted by molar-refractivity contribution is 5.96. The molecule has 8 nitrogen and oxygen atoms in total. The van der Waals surface area contributed by atoms with Gasteiger partial charge < -0.3 is 10.2 Å². The van der Waals surface area contributed by atoms with Crippen LogP contribution in [0.4, 0.5) is 0 Å². The van der Waals surface area contributed by atoms with E-state index >= 15 is 0 Å². The molecule has 154 valence electrons. The molecule has 1 unspecified atom stereocenters. The third-order valence-corrected chi connectivity index (χ3v) is 6.42. The maximum Gasteiger partial charge on any atom is 0.253 e. The van der Waals surface area contributed by atoms with Crippen molar-refractivity contribution in [2.24, 2.45) is 18.9 Å². The van der Waals surface area contributed by atoms with Gasteiger partial charge in [-0.1, -0.05) is 6.07 Å². The topological polar surface area (TPSA) is 93.0 Å². The summed E-state index contributed by atoms with van der Waals surface area (Å²) in [6.07, 6.45) is 9.19. The molecule has 0 aromatic carbocycles. The van der Waals surface area contributed by atoms with Crippen LogP contribution in [0, 0.1) is 11.8 Å². The molecule has 3 aromatic rings. The lowest BCUT2D eigenvalue weighted by Gasteiger charge is -2.38. The highest BCUT2D eigenvalue weighted by Crippen LogP contribution is 2.37. The molecule has 30 heavy (non-hydrogen) atoms. The van der Waals surface area contributed by atoms with Crippen LogP contribution in [0.1, 0.15) is 28.8 Å². The Morgan fingerprint density at radius 3 is 2.70 bits per heavy atom. The second kappa shape index (κ2) is 7.51. The van der Waals surface area contributed by atoms with Crippen LogP contribution >= 0.6 is 0 Å². The molecule has 3 aromatic heterocycles. The van der Waals surface area contributed by atoms with Crippen LogP contribution in [-0.2, 0) is 18.3 Å². The molecule has 1 aliphatic carbocycles. The summed E-state index contributed by atoms with van der Waals surface area (Å²) >= 11 is 0. The lowest BCUT2D eigenvalue weighted by molar-refractivity contribution is -0.132. The molecule has 2 aliphatic rings. The van der Waals surface area contributed by atoms with Crippen LogP contribution in [0.5, 0.6) is 0 Å². The number of piperidine rings is 1. The Morgan fingerprint density at radius 1 is 1.17 bits per heavy atom. The Labute approximate surface area is 174 Å². The van der Waals surface area contributed by atoms with Crippen molar-refractivity contribution in [2.45, 2.75) is 25.3 Å². The summed E-state index contributed by atoms with van der Waals surface area (Å²) in [5, 5.41) is 7.41. The number of pyridine rings is 2. The van der Waals surface area contributed by atoms with Gasteiger partial charge in [-0.05, 0) is 42.4 Å². The normalized spacial score (nSPS) is 23.0. The Kier molecular flexibility index (Phi) is 4.69. The number of aryl methyl sites for hydroxylation is 1. The van der Waals surface area contributed by atoms with Crippen LogP contribution < -0.4 is 5.32 Å². The maximum atomic E-state index is 12.9. The molecule has 1 saturated heterocycles. The van der Waals surface area contributed by atoms with E-state index in [1.165, 1.54) is 0 Å². The zero-order valence-electron chi connectivity index (χ0n) is 16.9. The molecule has 2 fully saturated rings. The number of carbonyl (C=O) groups excluding carboxylic acids is 2. The summed E-state index contributed by atoms with van der Waals surface area (Å²) in [5.74, 6) is 0.607. The number of nitrogens with zero attached hydrogens (tertiary/aromatic N) is 5. The average molecular weight is 404 g/mol. The summed E-state index contributed by atoms with van der Waals surface area (Å²) in [6.45, 7) is 1.39. The number of fused-ring (bicyclic) bond motifs is 3. The van der Waals surface area contributed by atoms with Gasteiger partial charge in [0.05, 0.1) is 23.7 Å². The summed E-state index contributed by atoms with van der Waals surface area (Å²) in [6, 6.07) is 5.71. The van der Waals surface area contributed by atoms with E-state index in [4.69, 9.17) is 0 Å². The maximum absolute atomic E-state index is 12.9. The molecule has 2 bridgehead atoms. The number of likely N-dealkylation sites (tertiary alicyclic amines) is 1. The fourth-order valence-electron chi connectivity index (χ4n) is 4.84. The number of hydrogen-bond acceptors (Lipinski definition) is 5. The first-order valence-electron chi connectivity index (χ1n) is 10.3. The molecule has 0 spiro atoms. The van der Waals surface area contributed by atoms with Crippen LogP contribution in [-0.4, -0.2) is 55.6 Å². The predicted molar refractivity (Wildman–Crippen MR) is 110 cm³/mol. The fraction of sp³-hybridized carbons (Fsp3) is 0.409. The van der Waals surface area contributed by atoms with Gasteiger partial charge in [0.2, 0.25) is 5.91 Å². The van der Waals surface area contributed by atoms with Gasteiger partial charge in [0.25, 0.3) is 5.91 Å². The number of hydrogen-bond donors (Lipinski definition) is 1. The van der Waals surface area contributed by atoms with E-state index in [-0.39, 0.29) is 17.9 Å². The van der Waals surface area contributed by atoms with Crippen molar-refractivity contribution in [1.82, 2.24) is 30.0 Å². The predicted octanol–water partition coefficient (Wildman–Crippen LogP) is 1.57. The van der Waals surface area contributed by atoms with Gasteiger partial charge in [0.1, 0.15) is 5.52 Å². The van der Waals surface area contributed by atoms with Crippen LogP contribution in [0.15, 0.2) is 43.0 Å². The lowest BCUT2D eigenvalue weighted by atomic mass is 9.91. The van der Waals surface area contributed by atoms with Gasteiger partial charge in [0, 0.05) is 44.8 Å². The van der Waals surface area contributed by atoms with E-state index in [0.29, 0.717) is 36.9 Å². The van der Waals surface area contributed by atoms with E-state index in [0.717, 1.165) is 29.4 Å². The molecule has 4 heterocycles. The summed E-state index contributed by atoms with van der Waals surface area (Å²) < 4.78 is 1.72. The molecular formula is C22H24N6O2. The minimum Gasteiger partial charge on any atom is -0.349 e. The highest BCUT2D eigenvalue weighted by Gasteiger charge is 2.43. The first-order valence-corrected chi connectivity index (χ1v) is 10.3. The van der Waals surface area contributed by atoms with Crippen molar-refractivity contribution in [3.63, 3.8) is 0 Å². The second-order valence-electron chi connectivity index (χ2n) is 8.33. The monoisotopic (exact) mass is 404 g/mol. The van der Waals surface area contributed by atoms with Crippen molar-refractivity contribution < 1.29 is 9.59 Å². The minimum absolute atomic E-state index is 0.0992. The standard InChI is InChI=1S/C22H24N6O2/c1-27-19-8-17(10-24-18(19)11-25-27)22(30)26-21-15-4-5-16(21)13-28(12-15)20(29)7-14-3-2-6-23-9-14/h2-3,6,8-11,15-16,21H,4-5,7,12-13H2,1H3,(H,26,30)/t15-,16+,21?. The van der Waals surface area contributed by atoms with Gasteiger partial charge in [-0.25, -0.2) is 0 Å². The molecular weight excluding hydrogens is 380 g/mol. The molecule has 2 amide bonds. The molecule has 1 saturated carbocycles. The number of nitrogens with one attached hydrogen (secondary N) is 1. The molecule has 3 atom stereocenters. The Balaban J connectivity index is 1.25. The Bertz CT molecular complexity index is 1080. The number of rotatable bonds is 4. The smallest absolute Gasteiger partial charge is 0.253 e. The van der Waals surface area contributed by atoms with Crippen molar-refractivity contribution in [3.05, 3.63) is 54.1 Å². The summed E-state index contributed by atoms with van der Waals surface area (Å²) in [7, 11) is 1.84. The largest absolute Gasteiger partial charge is 0.349 e. The van der Waals surface area contributed by atoms with Crippen LogP contribution in [0.2, 0.25) is 0 Å². The molecule has 8 heteroatoms. The first kappa shape index (κ1) is 18.7. The van der Waals surface area contributed by atoms with Crippen molar-refractivity contribution in [1.29, 1.82) is 0 Å².